The number of carbonyl (C=O) groups is 3. The third kappa shape index (κ3) is 9.59. The standard InChI is InChI=1S/C44H48ClN6O5P/c1-56-39-26-34(14-13-30(39)25-41-47-27-36(45)37(48-41)24-31-10-6-7-11-40(31)57(2,3)55)50-21-18-33(19-22-50)46-20-8-4-5-9-29-12-15-35-32(23-29)28-51(44(35)54)38-16-17-42(52)49-43(38)53/h6-7,10-15,23,26-27,33,38,46H,4,8,16-22,24-25,28H2,1-3H3,(H,49,52,53). The Kier molecular flexibility index (Phi) is 12.4. The lowest BCUT2D eigenvalue weighted by molar-refractivity contribution is -0.136. The molecule has 2 saturated heterocycles. The van der Waals surface area contributed by atoms with E-state index < -0.39 is 19.1 Å². The van der Waals surface area contributed by atoms with Gasteiger partial charge in [-0.15, -0.1) is 0 Å². The quantitative estimate of drug-likeness (QED) is 0.0799. The molecule has 1 aromatic heterocycles. The zero-order chi connectivity index (χ0) is 40.1. The summed E-state index contributed by atoms with van der Waals surface area (Å²) in [6, 6.07) is 19.5. The molecule has 57 heavy (non-hydrogen) atoms. The van der Waals surface area contributed by atoms with Crippen molar-refractivity contribution in [1.29, 1.82) is 0 Å². The Bertz CT molecular complexity index is 2290. The first-order chi connectivity index (χ1) is 27.5. The van der Waals surface area contributed by atoms with Crippen LogP contribution in [0.1, 0.15) is 82.7 Å². The van der Waals surface area contributed by atoms with E-state index >= 15 is 0 Å². The first-order valence-corrected chi connectivity index (χ1v) is 22.5. The van der Waals surface area contributed by atoms with Crippen molar-refractivity contribution < 1.29 is 23.7 Å². The van der Waals surface area contributed by atoms with Crippen molar-refractivity contribution in [2.24, 2.45) is 0 Å². The normalized spacial score (nSPS) is 17.3. The Labute approximate surface area is 339 Å². The van der Waals surface area contributed by atoms with Crippen LogP contribution in [0.2, 0.25) is 5.02 Å². The SMILES string of the molecule is COc1cc(N2CCC(NCCCC#Cc3ccc4c(c3)CN(C3CCC(=O)NC3=O)C4=O)CC2)ccc1Cc1ncc(Cl)c(Cc2ccccc2P(C)(C)=O)n1. The maximum Gasteiger partial charge on any atom is 0.255 e. The number of ether oxygens (including phenoxy) is 1. The van der Waals surface area contributed by atoms with E-state index in [0.717, 1.165) is 84.3 Å². The van der Waals surface area contributed by atoms with Crippen molar-refractivity contribution in [1.82, 2.24) is 25.5 Å². The predicted molar refractivity (Wildman–Crippen MR) is 223 cm³/mol. The Morgan fingerprint density at radius 2 is 1.81 bits per heavy atom. The summed E-state index contributed by atoms with van der Waals surface area (Å²) in [5, 5.41) is 7.39. The molecule has 3 aliphatic rings. The van der Waals surface area contributed by atoms with Crippen LogP contribution in [0, 0.1) is 11.8 Å². The van der Waals surface area contributed by atoms with Gasteiger partial charge in [-0.25, -0.2) is 9.97 Å². The number of amides is 3. The summed E-state index contributed by atoms with van der Waals surface area (Å²) in [6.07, 6.45) is 6.97. The number of piperidine rings is 2. The highest BCUT2D eigenvalue weighted by Crippen LogP contribution is 2.37. The summed E-state index contributed by atoms with van der Waals surface area (Å²) >= 11 is 6.55. The zero-order valence-electron chi connectivity index (χ0n) is 32.6. The van der Waals surface area contributed by atoms with Crippen molar-refractivity contribution in [3.8, 4) is 17.6 Å². The number of nitrogens with zero attached hydrogens (tertiary/aromatic N) is 4. The molecule has 0 saturated carbocycles. The summed E-state index contributed by atoms with van der Waals surface area (Å²) < 4.78 is 18.8. The van der Waals surface area contributed by atoms with Crippen molar-refractivity contribution in [2.75, 3.05) is 45.0 Å². The molecule has 11 nitrogen and oxygen atoms in total. The molecule has 2 N–H and O–H groups in total. The lowest BCUT2D eigenvalue weighted by Gasteiger charge is -2.34. The van der Waals surface area contributed by atoms with Gasteiger partial charge in [0.2, 0.25) is 11.8 Å². The Morgan fingerprint density at radius 3 is 2.58 bits per heavy atom. The molecule has 2 fully saturated rings. The molecule has 296 valence electrons. The van der Waals surface area contributed by atoms with Gasteiger partial charge in [0.15, 0.2) is 0 Å². The van der Waals surface area contributed by atoms with E-state index in [2.05, 4.69) is 50.6 Å². The van der Waals surface area contributed by atoms with Crippen LogP contribution in [0.25, 0.3) is 0 Å². The topological polar surface area (TPSA) is 134 Å². The Balaban J connectivity index is 0.865. The highest BCUT2D eigenvalue weighted by atomic mass is 35.5. The summed E-state index contributed by atoms with van der Waals surface area (Å²) in [7, 11) is -0.779. The molecule has 4 aromatic rings. The molecule has 4 heterocycles. The van der Waals surface area contributed by atoms with E-state index in [1.54, 1.807) is 37.6 Å². The van der Waals surface area contributed by atoms with Gasteiger partial charge in [-0.05, 0) is 81.0 Å². The number of benzene rings is 3. The van der Waals surface area contributed by atoms with E-state index in [1.807, 2.05) is 36.4 Å². The lowest BCUT2D eigenvalue weighted by Crippen LogP contribution is -2.52. The average molecular weight is 807 g/mol. The number of unbranched alkanes of at least 4 members (excludes halogenated alkanes) is 1. The molecule has 13 heteroatoms. The van der Waals surface area contributed by atoms with E-state index in [-0.39, 0.29) is 18.2 Å². The van der Waals surface area contributed by atoms with Gasteiger partial charge in [0.25, 0.3) is 5.91 Å². The second-order valence-electron chi connectivity index (χ2n) is 15.3. The van der Waals surface area contributed by atoms with Crippen LogP contribution in [-0.2, 0) is 33.5 Å². The molecule has 0 bridgehead atoms. The molecule has 3 aliphatic heterocycles. The molecule has 1 atom stereocenters. The number of carbonyl (C=O) groups excluding carboxylic acids is 3. The molecular weight excluding hydrogens is 759 g/mol. The molecule has 1 unspecified atom stereocenters. The number of aromatic nitrogens is 2. The van der Waals surface area contributed by atoms with Crippen LogP contribution in [0.3, 0.4) is 0 Å². The van der Waals surface area contributed by atoms with Crippen molar-refractivity contribution >= 4 is 47.5 Å². The third-order valence-electron chi connectivity index (χ3n) is 10.9. The van der Waals surface area contributed by atoms with Crippen LogP contribution >= 0.6 is 18.7 Å². The van der Waals surface area contributed by atoms with Gasteiger partial charge in [0, 0.05) is 91.3 Å². The fourth-order valence-corrected chi connectivity index (χ4v) is 9.36. The number of hydrogen-bond acceptors (Lipinski definition) is 9. The van der Waals surface area contributed by atoms with E-state index in [9.17, 15) is 18.9 Å². The summed E-state index contributed by atoms with van der Waals surface area (Å²) in [5.74, 6) is 7.08. The Morgan fingerprint density at radius 1 is 1.00 bits per heavy atom. The molecule has 3 aromatic carbocycles. The minimum atomic E-state index is -2.47. The number of imide groups is 1. The number of halogens is 1. The van der Waals surface area contributed by atoms with Gasteiger partial charge >= 0.3 is 0 Å². The lowest BCUT2D eigenvalue weighted by atomic mass is 10.0. The molecule has 0 spiro atoms. The number of hydrogen-bond donors (Lipinski definition) is 2. The monoisotopic (exact) mass is 806 g/mol. The van der Waals surface area contributed by atoms with Gasteiger partial charge in [-0.2, -0.15) is 0 Å². The number of methoxy groups -OCH3 is 1. The van der Waals surface area contributed by atoms with Crippen molar-refractivity contribution in [3.63, 3.8) is 0 Å². The first-order valence-electron chi connectivity index (χ1n) is 19.5. The van der Waals surface area contributed by atoms with E-state index in [4.69, 9.17) is 21.3 Å². The van der Waals surface area contributed by atoms with Crippen LogP contribution in [0.15, 0.2) is 66.9 Å². The number of fused-ring (bicyclic) bond motifs is 1. The van der Waals surface area contributed by atoms with Crippen molar-refractivity contribution in [2.45, 2.75) is 70.0 Å². The molecular formula is C44H48ClN6O5P. The maximum atomic E-state index is 13.0. The molecule has 3 amide bonds. The van der Waals surface area contributed by atoms with Crippen molar-refractivity contribution in [3.05, 3.63) is 111 Å². The van der Waals surface area contributed by atoms with Gasteiger partial charge in [-0.3, -0.25) is 19.7 Å². The van der Waals surface area contributed by atoms with E-state index in [1.165, 1.54) is 0 Å². The third-order valence-corrected chi connectivity index (χ3v) is 12.9. The highest BCUT2D eigenvalue weighted by Gasteiger charge is 2.39. The highest BCUT2D eigenvalue weighted by molar-refractivity contribution is 7.70. The minimum absolute atomic E-state index is 0.175. The van der Waals surface area contributed by atoms with Crippen LogP contribution in [0.5, 0.6) is 5.75 Å². The van der Waals surface area contributed by atoms with Gasteiger partial charge < -0.3 is 24.4 Å². The number of nitrogens with one attached hydrogen (secondary N) is 2. The maximum absolute atomic E-state index is 13.0. The largest absolute Gasteiger partial charge is 0.496 e. The minimum Gasteiger partial charge on any atom is -0.496 e. The van der Waals surface area contributed by atoms with E-state index in [0.29, 0.717) is 54.0 Å². The average Bonchev–Trinajstić information content (AvgIpc) is 3.52. The Hall–Kier alpha value is -5.01. The van der Waals surface area contributed by atoms with Gasteiger partial charge in [0.05, 0.1) is 17.8 Å². The predicted octanol–water partition coefficient (Wildman–Crippen LogP) is 5.72. The zero-order valence-corrected chi connectivity index (χ0v) is 34.3. The summed E-state index contributed by atoms with van der Waals surface area (Å²) in [4.78, 5) is 50.2. The number of rotatable bonds is 12. The van der Waals surface area contributed by atoms with Crippen LogP contribution < -0.4 is 25.6 Å². The fraction of sp³-hybridized carbons (Fsp3) is 0.386. The smallest absolute Gasteiger partial charge is 0.255 e. The first kappa shape index (κ1) is 40.2. The van der Waals surface area contributed by atoms with Gasteiger partial charge in [-0.1, -0.05) is 53.8 Å². The molecule has 0 aliphatic carbocycles. The summed E-state index contributed by atoms with van der Waals surface area (Å²) in [5.41, 5.74) is 6.09. The number of anilines is 1. The molecule has 0 radical (unpaired) electrons. The van der Waals surface area contributed by atoms with Crippen LogP contribution in [0.4, 0.5) is 5.69 Å². The van der Waals surface area contributed by atoms with Crippen LogP contribution in [-0.4, -0.2) is 84.7 Å². The second kappa shape index (κ2) is 17.6. The molecule has 7 rings (SSSR count). The second-order valence-corrected chi connectivity index (χ2v) is 18.9. The summed E-state index contributed by atoms with van der Waals surface area (Å²) in [6.45, 7) is 6.68. The fourth-order valence-electron chi connectivity index (χ4n) is 7.91. The van der Waals surface area contributed by atoms with Gasteiger partial charge in [0.1, 0.15) is 24.8 Å².